The van der Waals surface area contributed by atoms with Gasteiger partial charge in [0.1, 0.15) is 11.4 Å². The average Bonchev–Trinajstić information content (AvgIpc) is 3.72. The molecule has 0 aliphatic heterocycles. The number of rotatable bonds is 6. The zero-order valence-electron chi connectivity index (χ0n) is 21.9. The van der Waals surface area contributed by atoms with Crippen LogP contribution in [-0.2, 0) is 4.79 Å². The van der Waals surface area contributed by atoms with Crippen LogP contribution in [0.2, 0.25) is 0 Å². The second-order valence-electron chi connectivity index (χ2n) is 8.67. The molecule has 0 aliphatic rings. The molecule has 4 aromatic heterocycles. The molecule has 0 aliphatic carbocycles. The van der Waals surface area contributed by atoms with Crippen molar-refractivity contribution < 1.29 is 14.6 Å². The first kappa shape index (κ1) is 27.0. The summed E-state index contributed by atoms with van der Waals surface area (Å²) in [6.45, 7) is 5.68. The standard InChI is InChI=1S/C27H21N5O2S2.C2H4O2/c1-3-34-21-12-11-18(14-17(21)2)24-19(16-31(29-24)20-8-5-4-6-9-20)15-23-26(33)32-27(36-23)28-25(30-32)22-10-7-13-35-22;1-2(3)4/h4-16H,3H2,1-2H3;1H3,(H,3,4)/b23-15+;. The molecule has 202 valence electrons. The van der Waals surface area contributed by atoms with E-state index in [2.05, 4.69) is 16.1 Å². The lowest BCUT2D eigenvalue weighted by molar-refractivity contribution is -0.134. The molecule has 2 aromatic carbocycles. The van der Waals surface area contributed by atoms with Gasteiger partial charge in [-0.15, -0.1) is 16.4 Å². The molecule has 9 nitrogen and oxygen atoms in total. The molecular weight excluding hydrogens is 546 g/mol. The maximum Gasteiger partial charge on any atom is 0.300 e. The minimum absolute atomic E-state index is 0.188. The van der Waals surface area contributed by atoms with Gasteiger partial charge >= 0.3 is 0 Å². The van der Waals surface area contributed by atoms with Crippen molar-refractivity contribution in [1.82, 2.24) is 24.4 Å². The fourth-order valence-corrected chi connectivity index (χ4v) is 5.58. The Labute approximate surface area is 237 Å². The molecule has 1 N–H and O–H groups in total. The summed E-state index contributed by atoms with van der Waals surface area (Å²) < 4.78 is 9.49. The smallest absolute Gasteiger partial charge is 0.300 e. The van der Waals surface area contributed by atoms with E-state index in [1.807, 2.05) is 90.8 Å². The summed E-state index contributed by atoms with van der Waals surface area (Å²) in [5.74, 6) is 0.588. The summed E-state index contributed by atoms with van der Waals surface area (Å²) >= 11 is 2.88. The molecule has 6 aromatic rings. The van der Waals surface area contributed by atoms with Gasteiger partial charge < -0.3 is 9.84 Å². The molecule has 0 spiro atoms. The van der Waals surface area contributed by atoms with Crippen molar-refractivity contribution >= 4 is 39.7 Å². The number of thiophene rings is 1. The highest BCUT2D eigenvalue weighted by Crippen LogP contribution is 2.29. The van der Waals surface area contributed by atoms with Crippen molar-refractivity contribution in [3.8, 4) is 33.4 Å². The van der Waals surface area contributed by atoms with E-state index in [1.165, 1.54) is 15.9 Å². The number of aryl methyl sites for hydroxylation is 1. The lowest BCUT2D eigenvalue weighted by Gasteiger charge is -2.08. The third-order valence-corrected chi connectivity index (χ3v) is 7.55. The quantitative estimate of drug-likeness (QED) is 0.297. The van der Waals surface area contributed by atoms with E-state index >= 15 is 0 Å². The summed E-state index contributed by atoms with van der Waals surface area (Å²) in [6.07, 6.45) is 3.82. The van der Waals surface area contributed by atoms with Crippen molar-refractivity contribution in [3.05, 3.63) is 98.3 Å². The summed E-state index contributed by atoms with van der Waals surface area (Å²) in [5, 5.41) is 18.7. The van der Waals surface area contributed by atoms with Gasteiger partial charge in [-0.25, -0.2) is 4.68 Å². The molecule has 0 fully saturated rings. The Kier molecular flexibility index (Phi) is 7.85. The van der Waals surface area contributed by atoms with Gasteiger partial charge in [-0.2, -0.15) is 14.6 Å². The van der Waals surface area contributed by atoms with Crippen LogP contribution in [0.15, 0.2) is 77.0 Å². The number of aromatic nitrogens is 5. The third-order valence-electron chi connectivity index (χ3n) is 5.72. The first-order valence-electron chi connectivity index (χ1n) is 12.4. The summed E-state index contributed by atoms with van der Waals surface area (Å²) in [6, 6.07) is 19.8. The topological polar surface area (TPSA) is 112 Å². The van der Waals surface area contributed by atoms with Crippen LogP contribution in [-0.4, -0.2) is 42.1 Å². The minimum atomic E-state index is -0.833. The van der Waals surface area contributed by atoms with Gasteiger partial charge in [0.25, 0.3) is 11.5 Å². The molecule has 6 rings (SSSR count). The molecule has 0 unspecified atom stereocenters. The van der Waals surface area contributed by atoms with E-state index in [9.17, 15) is 4.79 Å². The van der Waals surface area contributed by atoms with Crippen molar-refractivity contribution in [2.75, 3.05) is 6.61 Å². The van der Waals surface area contributed by atoms with Gasteiger partial charge in [0, 0.05) is 24.2 Å². The fourth-order valence-electron chi connectivity index (χ4n) is 4.03. The number of carboxylic acids is 1. The number of thiazole rings is 1. The lowest BCUT2D eigenvalue weighted by atomic mass is 10.0. The van der Waals surface area contributed by atoms with Crippen LogP contribution in [0, 0.1) is 6.92 Å². The van der Waals surface area contributed by atoms with Crippen LogP contribution in [0.4, 0.5) is 0 Å². The average molecular weight is 572 g/mol. The predicted molar refractivity (Wildman–Crippen MR) is 157 cm³/mol. The van der Waals surface area contributed by atoms with Crippen molar-refractivity contribution in [3.63, 3.8) is 0 Å². The van der Waals surface area contributed by atoms with Crippen LogP contribution >= 0.6 is 22.7 Å². The number of aliphatic carboxylic acids is 1. The maximum absolute atomic E-state index is 13.2. The Balaban J connectivity index is 0.000000758. The van der Waals surface area contributed by atoms with Crippen LogP contribution in [0.25, 0.3) is 38.7 Å². The van der Waals surface area contributed by atoms with Crippen LogP contribution in [0.3, 0.4) is 0 Å². The first-order chi connectivity index (χ1) is 19.3. The number of carboxylic acid groups (broad SMARTS) is 1. The van der Waals surface area contributed by atoms with Crippen LogP contribution in [0.1, 0.15) is 25.0 Å². The van der Waals surface area contributed by atoms with Gasteiger partial charge in [-0.1, -0.05) is 35.6 Å². The Hall–Kier alpha value is -4.61. The second-order valence-corrected chi connectivity index (χ2v) is 10.6. The number of ether oxygens (including phenoxy) is 1. The van der Waals surface area contributed by atoms with Crippen LogP contribution in [0.5, 0.6) is 5.75 Å². The first-order valence-corrected chi connectivity index (χ1v) is 14.1. The molecule has 0 bridgehead atoms. The van der Waals surface area contributed by atoms with E-state index < -0.39 is 5.97 Å². The van der Waals surface area contributed by atoms with E-state index in [0.717, 1.165) is 45.6 Å². The highest BCUT2D eigenvalue weighted by atomic mass is 32.1. The van der Waals surface area contributed by atoms with Gasteiger partial charge in [0.05, 0.1) is 21.7 Å². The van der Waals surface area contributed by atoms with Crippen LogP contribution < -0.4 is 14.8 Å². The summed E-state index contributed by atoms with van der Waals surface area (Å²) in [5.41, 5.74) is 4.34. The van der Waals surface area contributed by atoms with E-state index in [-0.39, 0.29) is 5.56 Å². The summed E-state index contributed by atoms with van der Waals surface area (Å²) in [7, 11) is 0. The van der Waals surface area contributed by atoms with Crippen molar-refractivity contribution in [2.45, 2.75) is 20.8 Å². The molecular formula is C29H25N5O4S2. The van der Waals surface area contributed by atoms with Gasteiger partial charge in [-0.05, 0) is 67.3 Å². The number of nitrogens with zero attached hydrogens (tertiary/aromatic N) is 5. The lowest BCUT2D eigenvalue weighted by Crippen LogP contribution is -2.23. The van der Waals surface area contributed by atoms with Crippen molar-refractivity contribution in [1.29, 1.82) is 0 Å². The van der Waals surface area contributed by atoms with E-state index in [4.69, 9.17) is 19.7 Å². The molecule has 0 radical (unpaired) electrons. The normalized spacial score (nSPS) is 11.4. The Bertz CT molecular complexity index is 1890. The van der Waals surface area contributed by atoms with Gasteiger partial charge in [0.15, 0.2) is 5.82 Å². The Morgan fingerprint density at radius 1 is 1.10 bits per heavy atom. The number of hydrogen-bond acceptors (Lipinski definition) is 8. The zero-order chi connectivity index (χ0) is 28.2. The molecule has 0 saturated carbocycles. The predicted octanol–water partition coefficient (Wildman–Crippen LogP) is 5.08. The Morgan fingerprint density at radius 2 is 1.88 bits per heavy atom. The van der Waals surface area contributed by atoms with Gasteiger partial charge in [0.2, 0.25) is 4.96 Å². The third kappa shape index (κ3) is 5.70. The van der Waals surface area contributed by atoms with Crippen molar-refractivity contribution in [2.24, 2.45) is 0 Å². The Morgan fingerprint density at radius 3 is 2.52 bits per heavy atom. The number of benzene rings is 2. The monoisotopic (exact) mass is 571 g/mol. The highest BCUT2D eigenvalue weighted by molar-refractivity contribution is 7.15. The summed E-state index contributed by atoms with van der Waals surface area (Å²) in [4.78, 5) is 28.3. The number of fused-ring (bicyclic) bond motifs is 1. The molecule has 0 saturated heterocycles. The van der Waals surface area contributed by atoms with Gasteiger partial charge in [-0.3, -0.25) is 9.59 Å². The molecule has 0 amide bonds. The SMILES string of the molecule is CC(=O)O.CCOc1ccc(-c2nn(-c3ccccc3)cc2/C=c2/sc3nc(-c4cccs4)nn3c2=O)cc1C. The second kappa shape index (κ2) is 11.6. The highest BCUT2D eigenvalue weighted by Gasteiger charge is 2.16. The zero-order valence-corrected chi connectivity index (χ0v) is 23.6. The molecule has 40 heavy (non-hydrogen) atoms. The van der Waals surface area contributed by atoms with E-state index in [0.29, 0.717) is 21.9 Å². The number of para-hydroxylation sites is 1. The number of hydrogen-bond donors (Lipinski definition) is 1. The molecule has 0 atom stereocenters. The molecule has 11 heteroatoms. The maximum atomic E-state index is 13.2. The minimum Gasteiger partial charge on any atom is -0.494 e. The molecule has 4 heterocycles. The number of carbonyl (C=O) groups is 1. The largest absolute Gasteiger partial charge is 0.494 e. The van der Waals surface area contributed by atoms with E-state index in [1.54, 1.807) is 11.3 Å². The fraction of sp³-hybridized carbons (Fsp3) is 0.138.